The monoisotopic (exact) mass is 294 g/mol. The van der Waals surface area contributed by atoms with Crippen LogP contribution in [0.3, 0.4) is 0 Å². The lowest BCUT2D eigenvalue weighted by molar-refractivity contribution is -0.119. The summed E-state index contributed by atoms with van der Waals surface area (Å²) in [6.45, 7) is 2.85. The minimum Gasteiger partial charge on any atom is -0.324 e. The number of benzene rings is 2. The largest absolute Gasteiger partial charge is 0.324 e. The summed E-state index contributed by atoms with van der Waals surface area (Å²) < 4.78 is 0. The van der Waals surface area contributed by atoms with Gasteiger partial charge >= 0.3 is 0 Å². The van der Waals surface area contributed by atoms with Crippen LogP contribution in [0.15, 0.2) is 48.5 Å². The molecule has 114 valence electrons. The Hall–Kier alpha value is -2.13. The summed E-state index contributed by atoms with van der Waals surface area (Å²) in [6, 6.07) is 16.0. The van der Waals surface area contributed by atoms with Crippen LogP contribution in [-0.2, 0) is 11.2 Å². The Morgan fingerprint density at radius 1 is 1.23 bits per heavy atom. The summed E-state index contributed by atoms with van der Waals surface area (Å²) in [4.78, 5) is 14.6. The van der Waals surface area contributed by atoms with Gasteiger partial charge in [0.2, 0.25) is 5.91 Å². The van der Waals surface area contributed by atoms with Gasteiger partial charge in [-0.3, -0.25) is 4.79 Å². The summed E-state index contributed by atoms with van der Waals surface area (Å²) in [6.07, 6.45) is 2.41. The highest BCUT2D eigenvalue weighted by Gasteiger charge is 2.24. The van der Waals surface area contributed by atoms with E-state index in [9.17, 15) is 4.79 Å². The van der Waals surface area contributed by atoms with Gasteiger partial charge < -0.3 is 10.6 Å². The van der Waals surface area contributed by atoms with Gasteiger partial charge in [0.25, 0.3) is 0 Å². The van der Waals surface area contributed by atoms with Crippen molar-refractivity contribution in [1.82, 2.24) is 0 Å². The summed E-state index contributed by atoms with van der Waals surface area (Å²) >= 11 is 0. The average molecular weight is 294 g/mol. The minimum absolute atomic E-state index is 0.114. The Kier molecular flexibility index (Phi) is 4.25. The van der Waals surface area contributed by atoms with Gasteiger partial charge in [0.1, 0.15) is 0 Å². The van der Waals surface area contributed by atoms with E-state index in [-0.39, 0.29) is 11.9 Å². The van der Waals surface area contributed by atoms with Crippen LogP contribution in [0.25, 0.3) is 0 Å². The van der Waals surface area contributed by atoms with Crippen LogP contribution in [0.1, 0.15) is 35.6 Å². The van der Waals surface area contributed by atoms with E-state index < -0.39 is 0 Å². The first-order valence-corrected chi connectivity index (χ1v) is 7.85. The maximum atomic E-state index is 12.7. The second-order valence-electron chi connectivity index (χ2n) is 6.00. The highest BCUT2D eigenvalue weighted by atomic mass is 16.2. The Bertz CT molecular complexity index is 666. The van der Waals surface area contributed by atoms with Crippen molar-refractivity contribution < 1.29 is 4.79 Å². The zero-order valence-corrected chi connectivity index (χ0v) is 13.0. The van der Waals surface area contributed by atoms with E-state index in [2.05, 4.69) is 25.1 Å². The number of carbonyl (C=O) groups excluding carboxylic acids is 1. The van der Waals surface area contributed by atoms with Gasteiger partial charge in [0.05, 0.1) is 0 Å². The number of amides is 1. The molecule has 0 bridgehead atoms. The van der Waals surface area contributed by atoms with Crippen LogP contribution in [0.5, 0.6) is 0 Å². The van der Waals surface area contributed by atoms with E-state index in [1.54, 1.807) is 0 Å². The van der Waals surface area contributed by atoms with E-state index in [4.69, 9.17) is 5.73 Å². The first-order chi connectivity index (χ1) is 10.6. The molecule has 0 aromatic heterocycles. The van der Waals surface area contributed by atoms with E-state index in [0.29, 0.717) is 6.42 Å². The Morgan fingerprint density at radius 3 is 2.77 bits per heavy atom. The molecule has 2 N–H and O–H groups in total. The maximum absolute atomic E-state index is 12.7. The van der Waals surface area contributed by atoms with E-state index in [0.717, 1.165) is 30.6 Å². The molecule has 0 aliphatic carbocycles. The normalized spacial score (nSPS) is 15.3. The predicted octanol–water partition coefficient (Wildman–Crippen LogP) is 3.36. The number of nitrogens with two attached hydrogens (primary N) is 1. The van der Waals surface area contributed by atoms with Crippen LogP contribution in [0.2, 0.25) is 0 Å². The third-order valence-corrected chi connectivity index (χ3v) is 4.28. The van der Waals surface area contributed by atoms with E-state index in [1.165, 1.54) is 11.1 Å². The van der Waals surface area contributed by atoms with Gasteiger partial charge in [0, 0.05) is 24.7 Å². The molecule has 2 aromatic rings. The highest BCUT2D eigenvalue weighted by Crippen LogP contribution is 2.29. The first-order valence-electron chi connectivity index (χ1n) is 7.85. The molecular weight excluding hydrogens is 272 g/mol. The molecule has 3 rings (SSSR count). The van der Waals surface area contributed by atoms with Gasteiger partial charge in [-0.25, -0.2) is 0 Å². The molecule has 0 saturated carbocycles. The molecule has 0 spiro atoms. The van der Waals surface area contributed by atoms with Gasteiger partial charge in [-0.2, -0.15) is 0 Å². The minimum atomic E-state index is -0.246. The van der Waals surface area contributed by atoms with Crippen molar-refractivity contribution in [3.8, 4) is 0 Å². The summed E-state index contributed by atoms with van der Waals surface area (Å²) in [5, 5.41) is 0. The molecule has 22 heavy (non-hydrogen) atoms. The Morgan fingerprint density at radius 2 is 2.00 bits per heavy atom. The van der Waals surface area contributed by atoms with Crippen LogP contribution >= 0.6 is 0 Å². The SMILES string of the molecule is Cc1ccc2c(c1)N(C(=O)CC(N)c1ccccc1)CCC2. The lowest BCUT2D eigenvalue weighted by Gasteiger charge is -2.30. The molecule has 3 heteroatoms. The summed E-state index contributed by atoms with van der Waals surface area (Å²) in [5.74, 6) is 0.114. The number of fused-ring (bicyclic) bond motifs is 1. The van der Waals surface area contributed by atoms with Crippen LogP contribution in [-0.4, -0.2) is 12.5 Å². The Balaban J connectivity index is 1.78. The number of hydrogen-bond acceptors (Lipinski definition) is 2. The summed E-state index contributed by atoms with van der Waals surface area (Å²) in [7, 11) is 0. The van der Waals surface area contributed by atoms with Crippen molar-refractivity contribution in [1.29, 1.82) is 0 Å². The zero-order chi connectivity index (χ0) is 15.5. The van der Waals surface area contributed by atoms with Gasteiger partial charge in [-0.05, 0) is 42.5 Å². The molecule has 1 unspecified atom stereocenters. The van der Waals surface area contributed by atoms with E-state index >= 15 is 0 Å². The predicted molar refractivity (Wildman–Crippen MR) is 89.8 cm³/mol. The lowest BCUT2D eigenvalue weighted by Crippen LogP contribution is -2.37. The molecule has 3 nitrogen and oxygen atoms in total. The number of anilines is 1. The lowest BCUT2D eigenvalue weighted by atomic mass is 9.98. The van der Waals surface area contributed by atoms with Crippen LogP contribution in [0.4, 0.5) is 5.69 Å². The number of aryl methyl sites for hydroxylation is 2. The van der Waals surface area contributed by atoms with Crippen molar-refractivity contribution in [2.45, 2.75) is 32.2 Å². The van der Waals surface area contributed by atoms with E-state index in [1.807, 2.05) is 35.2 Å². The fourth-order valence-electron chi connectivity index (χ4n) is 3.06. The van der Waals surface area contributed by atoms with Gasteiger partial charge in [-0.1, -0.05) is 42.5 Å². The molecular formula is C19H22N2O. The molecule has 1 aliphatic heterocycles. The van der Waals surface area contributed by atoms with Crippen molar-refractivity contribution in [2.75, 3.05) is 11.4 Å². The van der Waals surface area contributed by atoms with Crippen LogP contribution < -0.4 is 10.6 Å². The van der Waals surface area contributed by atoms with Gasteiger partial charge in [-0.15, -0.1) is 0 Å². The highest BCUT2D eigenvalue weighted by molar-refractivity contribution is 5.95. The van der Waals surface area contributed by atoms with Crippen molar-refractivity contribution in [3.05, 3.63) is 65.2 Å². The molecule has 1 heterocycles. The van der Waals surface area contributed by atoms with Gasteiger partial charge in [0.15, 0.2) is 0 Å². The average Bonchev–Trinajstić information content (AvgIpc) is 2.55. The second kappa shape index (κ2) is 6.32. The Labute approximate surface area is 131 Å². The van der Waals surface area contributed by atoms with Crippen molar-refractivity contribution >= 4 is 11.6 Å². The molecule has 1 atom stereocenters. The molecule has 1 amide bonds. The molecule has 1 aliphatic rings. The van der Waals surface area contributed by atoms with Crippen LogP contribution in [0, 0.1) is 6.92 Å². The zero-order valence-electron chi connectivity index (χ0n) is 13.0. The second-order valence-corrected chi connectivity index (χ2v) is 6.00. The molecule has 0 fully saturated rings. The standard InChI is InChI=1S/C19H22N2O/c1-14-9-10-16-8-5-11-21(18(16)12-14)19(22)13-17(20)15-6-3-2-4-7-15/h2-4,6-7,9-10,12,17H,5,8,11,13,20H2,1H3. The smallest absolute Gasteiger partial charge is 0.228 e. The molecule has 0 radical (unpaired) electrons. The first kappa shape index (κ1) is 14.8. The topological polar surface area (TPSA) is 46.3 Å². The fourth-order valence-corrected chi connectivity index (χ4v) is 3.06. The van der Waals surface area contributed by atoms with Crippen molar-refractivity contribution in [2.24, 2.45) is 5.73 Å². The van der Waals surface area contributed by atoms with Crippen molar-refractivity contribution in [3.63, 3.8) is 0 Å². The number of rotatable bonds is 3. The number of hydrogen-bond donors (Lipinski definition) is 1. The number of carbonyl (C=O) groups is 1. The quantitative estimate of drug-likeness (QED) is 0.943. The third-order valence-electron chi connectivity index (χ3n) is 4.28. The third kappa shape index (κ3) is 3.04. The fraction of sp³-hybridized carbons (Fsp3) is 0.316. The molecule has 0 saturated heterocycles. The maximum Gasteiger partial charge on any atom is 0.228 e. The number of nitrogens with zero attached hydrogens (tertiary/aromatic N) is 1. The summed E-state index contributed by atoms with van der Waals surface area (Å²) in [5.41, 5.74) is 10.7. The molecule has 2 aromatic carbocycles.